The first-order valence-corrected chi connectivity index (χ1v) is 9.83. The third kappa shape index (κ3) is 4.07. The Hall–Kier alpha value is -3.39. The van der Waals surface area contributed by atoms with Crippen molar-refractivity contribution >= 4 is 34.3 Å². The number of aryl methyl sites for hydroxylation is 2. The van der Waals surface area contributed by atoms with E-state index in [1.54, 1.807) is 24.0 Å². The Morgan fingerprint density at radius 1 is 1.14 bits per heavy atom. The molecule has 0 aliphatic carbocycles. The van der Waals surface area contributed by atoms with Gasteiger partial charge in [0.2, 0.25) is 5.91 Å². The molecule has 0 fully saturated rings. The van der Waals surface area contributed by atoms with Crippen LogP contribution in [0.5, 0.6) is 0 Å². The lowest BCUT2D eigenvalue weighted by Crippen LogP contribution is -2.28. The Labute approximate surface area is 171 Å². The first kappa shape index (κ1) is 18.9. The molecule has 0 bridgehead atoms. The number of rotatable bonds is 5. The number of hydrogen-bond acceptors (Lipinski definition) is 5. The molecule has 8 heteroatoms. The van der Waals surface area contributed by atoms with Gasteiger partial charge in [0.15, 0.2) is 5.16 Å². The minimum atomic E-state index is -0.287. The van der Waals surface area contributed by atoms with Gasteiger partial charge in [0.25, 0.3) is 5.56 Å². The van der Waals surface area contributed by atoms with Gasteiger partial charge < -0.3 is 9.88 Å². The van der Waals surface area contributed by atoms with Crippen LogP contribution in [0.15, 0.2) is 76.0 Å². The smallest absolute Gasteiger partial charge is 0.261 e. The van der Waals surface area contributed by atoms with Gasteiger partial charge in [-0.3, -0.25) is 14.2 Å². The van der Waals surface area contributed by atoms with Crippen molar-refractivity contribution in [2.24, 2.45) is 7.05 Å². The molecule has 146 valence electrons. The van der Waals surface area contributed by atoms with Crippen LogP contribution in [0.25, 0.3) is 10.9 Å². The van der Waals surface area contributed by atoms with E-state index in [0.717, 1.165) is 15.6 Å². The summed E-state index contributed by atoms with van der Waals surface area (Å²) in [5, 5.41) is 4.22. The van der Waals surface area contributed by atoms with Crippen LogP contribution >= 0.6 is 11.8 Å². The average Bonchev–Trinajstić information content (AvgIpc) is 3.11. The van der Waals surface area contributed by atoms with Crippen molar-refractivity contribution in [1.82, 2.24) is 19.1 Å². The molecule has 1 amide bonds. The number of amides is 1. The van der Waals surface area contributed by atoms with E-state index in [4.69, 9.17) is 0 Å². The third-order valence-corrected chi connectivity index (χ3v) is 5.58. The fraction of sp³-hybridized carbons (Fsp3) is 0.143. The van der Waals surface area contributed by atoms with E-state index in [1.165, 1.54) is 10.9 Å². The van der Waals surface area contributed by atoms with Crippen molar-refractivity contribution in [3.05, 3.63) is 77.1 Å². The summed E-state index contributed by atoms with van der Waals surface area (Å²) in [6, 6.07) is 12.9. The summed E-state index contributed by atoms with van der Waals surface area (Å²) in [5.41, 5.74) is 2.03. The molecule has 0 radical (unpaired) electrons. The summed E-state index contributed by atoms with van der Waals surface area (Å²) in [6.45, 7) is 1.81. The fourth-order valence-corrected chi connectivity index (χ4v) is 3.77. The molecule has 0 spiro atoms. The molecule has 0 aliphatic heterocycles. The maximum absolute atomic E-state index is 12.6. The zero-order valence-electron chi connectivity index (χ0n) is 16.0. The van der Waals surface area contributed by atoms with Gasteiger partial charge in [-0.2, -0.15) is 0 Å². The van der Waals surface area contributed by atoms with E-state index in [9.17, 15) is 9.59 Å². The Bertz CT molecular complexity index is 1240. The number of nitrogens with one attached hydrogen (secondary N) is 1. The summed E-state index contributed by atoms with van der Waals surface area (Å²) >= 11 is 1.54. The molecule has 0 unspecified atom stereocenters. The number of benzene rings is 2. The van der Waals surface area contributed by atoms with Gasteiger partial charge in [0.05, 0.1) is 17.2 Å². The van der Waals surface area contributed by atoms with E-state index < -0.39 is 0 Å². The van der Waals surface area contributed by atoms with Crippen LogP contribution in [-0.2, 0) is 18.4 Å². The number of aromatic nitrogens is 4. The van der Waals surface area contributed by atoms with E-state index in [1.807, 2.05) is 61.1 Å². The zero-order valence-corrected chi connectivity index (χ0v) is 16.8. The van der Waals surface area contributed by atoms with Crippen LogP contribution in [0.2, 0.25) is 0 Å². The van der Waals surface area contributed by atoms with Gasteiger partial charge in [0.1, 0.15) is 6.54 Å². The molecule has 0 atom stereocenters. The van der Waals surface area contributed by atoms with Crippen molar-refractivity contribution in [3.8, 4) is 0 Å². The summed E-state index contributed by atoms with van der Waals surface area (Å²) in [4.78, 5) is 34.7. The first-order valence-electron chi connectivity index (χ1n) is 9.01. The summed E-state index contributed by atoms with van der Waals surface area (Å²) in [5.74, 6) is -0.287. The van der Waals surface area contributed by atoms with Crippen molar-refractivity contribution in [1.29, 1.82) is 0 Å². The lowest BCUT2D eigenvalue weighted by Gasteiger charge is -2.09. The van der Waals surface area contributed by atoms with Crippen LogP contribution in [-0.4, -0.2) is 25.0 Å². The molecule has 2 aromatic carbocycles. The van der Waals surface area contributed by atoms with Crippen LogP contribution in [0.4, 0.5) is 5.69 Å². The Kier molecular flexibility index (Phi) is 5.18. The van der Waals surface area contributed by atoms with Gasteiger partial charge >= 0.3 is 0 Å². The number of nitrogens with zero attached hydrogens (tertiary/aromatic N) is 4. The molecule has 29 heavy (non-hydrogen) atoms. The minimum Gasteiger partial charge on any atom is -0.329 e. The number of carbonyl (C=O) groups excluding carboxylic acids is 1. The molecule has 0 saturated carbocycles. The van der Waals surface area contributed by atoms with Crippen LogP contribution < -0.4 is 10.9 Å². The average molecular weight is 405 g/mol. The maximum atomic E-state index is 12.6. The van der Waals surface area contributed by atoms with E-state index >= 15 is 0 Å². The molecule has 0 saturated heterocycles. The molecule has 2 heterocycles. The molecule has 7 nitrogen and oxygen atoms in total. The van der Waals surface area contributed by atoms with E-state index in [0.29, 0.717) is 16.6 Å². The number of anilines is 1. The van der Waals surface area contributed by atoms with Crippen LogP contribution in [0, 0.1) is 6.92 Å². The molecule has 2 aromatic heterocycles. The Morgan fingerprint density at radius 2 is 1.93 bits per heavy atom. The highest BCUT2D eigenvalue weighted by molar-refractivity contribution is 7.99. The minimum absolute atomic E-state index is 0.0977. The lowest BCUT2D eigenvalue weighted by molar-refractivity contribution is -0.116. The largest absolute Gasteiger partial charge is 0.329 e. The van der Waals surface area contributed by atoms with Crippen molar-refractivity contribution in [2.75, 3.05) is 5.32 Å². The first-order chi connectivity index (χ1) is 14.0. The zero-order chi connectivity index (χ0) is 20.4. The quantitative estimate of drug-likeness (QED) is 0.551. The second-order valence-electron chi connectivity index (χ2n) is 6.64. The Balaban J connectivity index is 1.45. The normalized spacial score (nSPS) is 11.0. The van der Waals surface area contributed by atoms with Crippen molar-refractivity contribution < 1.29 is 4.79 Å². The van der Waals surface area contributed by atoms with E-state index in [2.05, 4.69) is 15.3 Å². The predicted octanol–water partition coefficient (Wildman–Crippen LogP) is 3.23. The second-order valence-corrected chi connectivity index (χ2v) is 7.68. The summed E-state index contributed by atoms with van der Waals surface area (Å²) < 4.78 is 3.26. The fourth-order valence-electron chi connectivity index (χ4n) is 2.97. The van der Waals surface area contributed by atoms with E-state index in [-0.39, 0.29) is 18.0 Å². The van der Waals surface area contributed by atoms with Gasteiger partial charge in [-0.1, -0.05) is 23.9 Å². The highest BCUT2D eigenvalue weighted by Gasteiger charge is 2.10. The number of fused-ring (bicyclic) bond motifs is 1. The SMILES string of the molecule is Cc1cccc2c(=O)n(CC(=O)Nc3ccc(Sc4nccn4C)cc3)cnc12. The van der Waals surface area contributed by atoms with Crippen LogP contribution in [0.1, 0.15) is 5.56 Å². The molecule has 0 aliphatic rings. The summed E-state index contributed by atoms with van der Waals surface area (Å²) in [6.07, 6.45) is 5.06. The molecular formula is C21H19N5O2S. The van der Waals surface area contributed by atoms with Gasteiger partial charge in [-0.05, 0) is 42.8 Å². The topological polar surface area (TPSA) is 81.8 Å². The highest BCUT2D eigenvalue weighted by Crippen LogP contribution is 2.26. The van der Waals surface area contributed by atoms with Gasteiger partial charge in [0, 0.05) is 30.0 Å². The molecular weight excluding hydrogens is 386 g/mol. The maximum Gasteiger partial charge on any atom is 0.261 e. The Morgan fingerprint density at radius 3 is 2.66 bits per heavy atom. The molecule has 4 rings (SSSR count). The lowest BCUT2D eigenvalue weighted by atomic mass is 10.1. The number of carbonyl (C=O) groups is 1. The molecule has 1 N–H and O–H groups in total. The number of para-hydroxylation sites is 1. The number of imidazole rings is 1. The third-order valence-electron chi connectivity index (χ3n) is 4.49. The predicted molar refractivity (Wildman–Crippen MR) is 113 cm³/mol. The van der Waals surface area contributed by atoms with Gasteiger partial charge in [-0.25, -0.2) is 9.97 Å². The monoisotopic (exact) mass is 405 g/mol. The second kappa shape index (κ2) is 7.92. The number of hydrogen-bond donors (Lipinski definition) is 1. The van der Waals surface area contributed by atoms with Crippen molar-refractivity contribution in [3.63, 3.8) is 0 Å². The highest BCUT2D eigenvalue weighted by atomic mass is 32.2. The molecule has 4 aromatic rings. The van der Waals surface area contributed by atoms with Gasteiger partial charge in [-0.15, -0.1) is 0 Å². The standard InChI is InChI=1S/C21H19N5O2S/c1-14-4-3-5-17-19(14)23-13-26(20(17)28)12-18(27)24-15-6-8-16(9-7-15)29-21-22-10-11-25(21)2/h3-11,13H,12H2,1-2H3,(H,24,27). The summed E-state index contributed by atoms with van der Waals surface area (Å²) in [7, 11) is 1.94. The van der Waals surface area contributed by atoms with Crippen molar-refractivity contribution in [2.45, 2.75) is 23.5 Å². The van der Waals surface area contributed by atoms with Crippen LogP contribution in [0.3, 0.4) is 0 Å².